The maximum absolute atomic E-state index is 13.6. The molecule has 1 aliphatic rings. The van der Waals surface area contributed by atoms with Crippen LogP contribution in [0.4, 0.5) is 5.69 Å². The lowest BCUT2D eigenvalue weighted by Gasteiger charge is -2.27. The average molecular weight is 474 g/mol. The number of para-hydroxylation sites is 1. The summed E-state index contributed by atoms with van der Waals surface area (Å²) in [5.41, 5.74) is 1.56. The smallest absolute Gasteiger partial charge is 0.294 e. The first-order valence-electron chi connectivity index (χ1n) is 10.8. The first kappa shape index (κ1) is 21.8. The summed E-state index contributed by atoms with van der Waals surface area (Å²) in [6, 6.07) is 21.7. The zero-order valence-corrected chi connectivity index (χ0v) is 19.0. The molecule has 1 atom stereocenters. The maximum Gasteiger partial charge on any atom is 0.294 e. The number of Topliss-reactive ketones (excluding diaryl/α,β-unsaturated/α-hetero) is 1. The van der Waals surface area contributed by atoms with Crippen LogP contribution in [0.5, 0.6) is 5.75 Å². The Balaban J connectivity index is 1.64. The van der Waals surface area contributed by atoms with Gasteiger partial charge in [0, 0.05) is 16.1 Å². The molecule has 0 aliphatic carbocycles. The number of rotatable bonds is 6. The van der Waals surface area contributed by atoms with Crippen LogP contribution in [0, 0.1) is 0 Å². The third kappa shape index (κ3) is 3.72. The van der Waals surface area contributed by atoms with Gasteiger partial charge in [-0.15, -0.1) is 0 Å². The first-order valence-corrected chi connectivity index (χ1v) is 11.1. The molecule has 0 fully saturated rings. The van der Waals surface area contributed by atoms with Gasteiger partial charge < -0.3 is 14.3 Å². The van der Waals surface area contributed by atoms with Gasteiger partial charge in [0.1, 0.15) is 11.3 Å². The largest absolute Gasteiger partial charge is 0.503 e. The number of aliphatic hydroxyl groups is 1. The van der Waals surface area contributed by atoms with Crippen LogP contribution in [0.25, 0.3) is 11.0 Å². The predicted octanol–water partition coefficient (Wildman–Crippen LogP) is 6.27. The Morgan fingerprint density at radius 3 is 2.53 bits per heavy atom. The second-order valence-electron chi connectivity index (χ2n) is 7.80. The van der Waals surface area contributed by atoms with E-state index in [9.17, 15) is 14.7 Å². The summed E-state index contributed by atoms with van der Waals surface area (Å²) in [6.45, 7) is 2.39. The van der Waals surface area contributed by atoms with Crippen molar-refractivity contribution >= 4 is 39.9 Å². The van der Waals surface area contributed by atoms with Crippen LogP contribution < -0.4 is 9.64 Å². The van der Waals surface area contributed by atoms with Crippen molar-refractivity contribution in [3.05, 3.63) is 107 Å². The van der Waals surface area contributed by atoms with Crippen LogP contribution in [0.1, 0.15) is 29.1 Å². The van der Waals surface area contributed by atoms with E-state index in [1.165, 1.54) is 4.90 Å². The standard InChI is InChI=1S/C27H20ClNO5/c1-2-33-20-12-10-16(11-13-20)24-23(25(30)22-14-17-6-3-4-9-21(17)34-22)26(31)27(32)29(24)19-8-5-7-18(28)15-19/h3-15,24,31H,2H2,1H3. The van der Waals surface area contributed by atoms with Crippen LogP contribution in [-0.4, -0.2) is 23.4 Å². The third-order valence-electron chi connectivity index (χ3n) is 5.70. The molecule has 0 saturated carbocycles. The van der Waals surface area contributed by atoms with E-state index in [1.807, 2.05) is 19.1 Å². The van der Waals surface area contributed by atoms with E-state index in [0.29, 0.717) is 34.2 Å². The molecule has 0 spiro atoms. The summed E-state index contributed by atoms with van der Waals surface area (Å²) in [4.78, 5) is 28.3. The number of fused-ring (bicyclic) bond motifs is 1. The number of ether oxygens (including phenoxy) is 1. The van der Waals surface area contributed by atoms with Crippen molar-refractivity contribution in [2.75, 3.05) is 11.5 Å². The minimum absolute atomic E-state index is 0.0411. The zero-order valence-electron chi connectivity index (χ0n) is 18.2. The molecule has 34 heavy (non-hydrogen) atoms. The predicted molar refractivity (Wildman–Crippen MR) is 129 cm³/mol. The minimum Gasteiger partial charge on any atom is -0.503 e. The monoisotopic (exact) mass is 473 g/mol. The fourth-order valence-electron chi connectivity index (χ4n) is 4.18. The summed E-state index contributed by atoms with van der Waals surface area (Å²) < 4.78 is 11.3. The number of furan rings is 1. The molecular formula is C27H20ClNO5. The van der Waals surface area contributed by atoms with Crippen molar-refractivity contribution in [3.8, 4) is 5.75 Å². The van der Waals surface area contributed by atoms with E-state index >= 15 is 0 Å². The van der Waals surface area contributed by atoms with Crippen LogP contribution >= 0.6 is 11.6 Å². The summed E-state index contributed by atoms with van der Waals surface area (Å²) >= 11 is 6.18. The van der Waals surface area contributed by atoms with E-state index in [2.05, 4.69) is 0 Å². The van der Waals surface area contributed by atoms with Gasteiger partial charge in [0.25, 0.3) is 5.91 Å². The average Bonchev–Trinajstić information content (AvgIpc) is 3.39. The molecule has 1 aromatic heterocycles. The van der Waals surface area contributed by atoms with Gasteiger partial charge in [0.15, 0.2) is 11.5 Å². The van der Waals surface area contributed by atoms with E-state index in [-0.39, 0.29) is 11.3 Å². The molecule has 1 unspecified atom stereocenters. The van der Waals surface area contributed by atoms with Gasteiger partial charge in [0.2, 0.25) is 5.78 Å². The van der Waals surface area contributed by atoms with Gasteiger partial charge in [-0.1, -0.05) is 48.0 Å². The van der Waals surface area contributed by atoms with Crippen LogP contribution in [0.15, 0.2) is 94.6 Å². The van der Waals surface area contributed by atoms with Crippen molar-refractivity contribution in [3.63, 3.8) is 0 Å². The molecule has 0 radical (unpaired) electrons. The highest BCUT2D eigenvalue weighted by molar-refractivity contribution is 6.31. The Morgan fingerprint density at radius 2 is 1.82 bits per heavy atom. The van der Waals surface area contributed by atoms with Gasteiger partial charge in [-0.3, -0.25) is 14.5 Å². The lowest BCUT2D eigenvalue weighted by molar-refractivity contribution is -0.117. The number of benzene rings is 3. The topological polar surface area (TPSA) is 80.0 Å². The quantitative estimate of drug-likeness (QED) is 0.334. The molecule has 1 amide bonds. The zero-order chi connectivity index (χ0) is 23.8. The van der Waals surface area contributed by atoms with Gasteiger partial charge in [-0.05, 0) is 55.0 Å². The SMILES string of the molecule is CCOc1ccc(C2C(C(=O)c3cc4ccccc4o3)=C(O)C(=O)N2c2cccc(Cl)c2)cc1. The number of carbonyl (C=O) groups excluding carboxylic acids is 2. The van der Waals surface area contributed by atoms with E-state index < -0.39 is 23.5 Å². The first-order chi connectivity index (χ1) is 16.5. The molecule has 1 aliphatic heterocycles. The molecule has 0 bridgehead atoms. The Hall–Kier alpha value is -4.03. The molecule has 170 valence electrons. The lowest BCUT2D eigenvalue weighted by atomic mass is 9.94. The van der Waals surface area contributed by atoms with Crippen molar-refractivity contribution in [1.82, 2.24) is 0 Å². The highest BCUT2D eigenvalue weighted by atomic mass is 35.5. The van der Waals surface area contributed by atoms with Crippen LogP contribution in [0.3, 0.4) is 0 Å². The number of nitrogens with zero attached hydrogens (tertiary/aromatic N) is 1. The van der Waals surface area contributed by atoms with E-state index in [0.717, 1.165) is 5.39 Å². The van der Waals surface area contributed by atoms with Gasteiger partial charge in [0.05, 0.1) is 18.2 Å². The highest BCUT2D eigenvalue weighted by Gasteiger charge is 2.45. The van der Waals surface area contributed by atoms with Crippen molar-refractivity contribution in [2.45, 2.75) is 13.0 Å². The molecule has 0 saturated heterocycles. The second kappa shape index (κ2) is 8.72. The number of halogens is 1. The van der Waals surface area contributed by atoms with Crippen molar-refractivity contribution in [1.29, 1.82) is 0 Å². The lowest BCUT2D eigenvalue weighted by Crippen LogP contribution is -2.31. The molecule has 3 aromatic carbocycles. The summed E-state index contributed by atoms with van der Waals surface area (Å²) in [6.07, 6.45) is 0. The van der Waals surface area contributed by atoms with E-state index in [1.54, 1.807) is 66.7 Å². The fraction of sp³-hybridized carbons (Fsp3) is 0.111. The Bertz CT molecular complexity index is 1400. The molecule has 1 N–H and O–H groups in total. The molecule has 5 rings (SSSR count). The second-order valence-corrected chi connectivity index (χ2v) is 8.24. The number of hydrogen-bond donors (Lipinski definition) is 1. The minimum atomic E-state index is -0.887. The third-order valence-corrected chi connectivity index (χ3v) is 5.93. The molecule has 2 heterocycles. The number of ketones is 1. The number of amides is 1. The fourth-order valence-corrected chi connectivity index (χ4v) is 4.37. The number of carbonyl (C=O) groups is 2. The number of hydrogen-bond acceptors (Lipinski definition) is 5. The van der Waals surface area contributed by atoms with Crippen molar-refractivity contribution < 1.29 is 23.8 Å². The van der Waals surface area contributed by atoms with Crippen molar-refractivity contribution in [2.24, 2.45) is 0 Å². The van der Waals surface area contributed by atoms with E-state index in [4.69, 9.17) is 20.8 Å². The highest BCUT2D eigenvalue weighted by Crippen LogP contribution is 2.43. The molecule has 7 heteroatoms. The van der Waals surface area contributed by atoms with Gasteiger partial charge in [-0.2, -0.15) is 0 Å². The maximum atomic E-state index is 13.6. The Morgan fingerprint density at radius 1 is 1.06 bits per heavy atom. The summed E-state index contributed by atoms with van der Waals surface area (Å²) in [5, 5.41) is 12.1. The molecular weight excluding hydrogens is 454 g/mol. The normalized spacial score (nSPS) is 15.9. The number of aliphatic hydroxyl groups excluding tert-OH is 1. The van der Waals surface area contributed by atoms with Gasteiger partial charge in [-0.25, -0.2) is 0 Å². The van der Waals surface area contributed by atoms with Crippen LogP contribution in [0.2, 0.25) is 5.02 Å². The molecule has 6 nitrogen and oxygen atoms in total. The Kier molecular flexibility index (Phi) is 5.59. The van der Waals surface area contributed by atoms with Gasteiger partial charge >= 0.3 is 0 Å². The number of anilines is 1. The Labute approximate surface area is 200 Å². The van der Waals surface area contributed by atoms with Crippen LogP contribution in [-0.2, 0) is 4.79 Å². The summed E-state index contributed by atoms with van der Waals surface area (Å²) in [5.74, 6) is -1.18. The summed E-state index contributed by atoms with van der Waals surface area (Å²) in [7, 11) is 0. The molecule has 4 aromatic rings.